The van der Waals surface area contributed by atoms with Crippen LogP contribution in [0.2, 0.25) is 0 Å². The zero-order valence-corrected chi connectivity index (χ0v) is 8.82. The maximum atomic E-state index is 10.6. The van der Waals surface area contributed by atoms with E-state index in [0.29, 0.717) is 19.5 Å². The molecule has 0 aliphatic carbocycles. The van der Waals surface area contributed by atoms with Gasteiger partial charge in [0.2, 0.25) is 0 Å². The number of hydrogen-bond donors (Lipinski definition) is 1. The first-order chi connectivity index (χ1) is 7.66. The number of rotatable bonds is 6. The van der Waals surface area contributed by atoms with E-state index in [4.69, 9.17) is 0 Å². The first kappa shape index (κ1) is 11.0. The van der Waals surface area contributed by atoms with E-state index in [-0.39, 0.29) is 5.95 Å². The zero-order valence-electron chi connectivity index (χ0n) is 8.82. The Morgan fingerprint density at radius 1 is 1.62 bits per heavy atom. The van der Waals surface area contributed by atoms with Gasteiger partial charge in [-0.2, -0.15) is 0 Å². The van der Waals surface area contributed by atoms with Gasteiger partial charge in [-0.05, 0) is 4.92 Å². The lowest BCUT2D eigenvalue weighted by Gasteiger charge is -2.09. The van der Waals surface area contributed by atoms with Crippen molar-refractivity contribution in [1.29, 1.82) is 0 Å². The quantitative estimate of drug-likeness (QED) is 0.414. The highest BCUT2D eigenvalue weighted by Gasteiger charge is 2.21. The van der Waals surface area contributed by atoms with Gasteiger partial charge in [0.1, 0.15) is 12.4 Å². The summed E-state index contributed by atoms with van der Waals surface area (Å²) < 4.78 is 1.45. The Labute approximate surface area is 92.5 Å². The van der Waals surface area contributed by atoms with E-state index < -0.39 is 11.0 Å². The maximum absolute atomic E-state index is 10.6. The van der Waals surface area contributed by atoms with Crippen LogP contribution in [0.1, 0.15) is 6.42 Å². The van der Waals surface area contributed by atoms with E-state index in [0.717, 1.165) is 13.1 Å². The van der Waals surface area contributed by atoms with Crippen molar-refractivity contribution in [3.8, 4) is 0 Å². The molecule has 0 aromatic carbocycles. The van der Waals surface area contributed by atoms with Crippen LogP contribution in [0.5, 0.6) is 0 Å². The van der Waals surface area contributed by atoms with Crippen molar-refractivity contribution in [3.05, 3.63) is 22.5 Å². The third-order valence-electron chi connectivity index (χ3n) is 2.57. The molecule has 0 radical (unpaired) electrons. The summed E-state index contributed by atoms with van der Waals surface area (Å²) in [5.74, 6) is -0.168. The predicted molar refractivity (Wildman–Crippen MR) is 55.9 cm³/mol. The van der Waals surface area contributed by atoms with Crippen molar-refractivity contribution in [3.63, 3.8) is 0 Å². The van der Waals surface area contributed by atoms with E-state index in [1.54, 1.807) is 6.20 Å². The normalized spacial score (nSPS) is 17.3. The van der Waals surface area contributed by atoms with Gasteiger partial charge in [0.15, 0.2) is 0 Å². The minimum absolute atomic E-state index is 0.168. The van der Waals surface area contributed by atoms with Crippen molar-refractivity contribution >= 4 is 5.95 Å². The molecule has 7 heteroatoms. The largest absolute Gasteiger partial charge is 0.434 e. The van der Waals surface area contributed by atoms with Crippen LogP contribution < -0.4 is 0 Å². The lowest BCUT2D eigenvalue weighted by atomic mass is 10.2. The number of β-amino-alcohol motifs (C(OH)–C–C–N with tert-alkyl or cyclic N) is 1. The molecule has 1 saturated heterocycles. The fourth-order valence-electron chi connectivity index (χ4n) is 1.58. The van der Waals surface area contributed by atoms with E-state index in [2.05, 4.69) is 9.88 Å². The molecule has 2 rings (SSSR count). The second-order valence-corrected chi connectivity index (χ2v) is 3.92. The van der Waals surface area contributed by atoms with Crippen LogP contribution in [0.25, 0.3) is 0 Å². The minimum Gasteiger partial charge on any atom is -0.392 e. The Balaban J connectivity index is 1.83. The van der Waals surface area contributed by atoms with Crippen LogP contribution in [0.15, 0.2) is 12.4 Å². The molecule has 88 valence electrons. The molecular weight excluding hydrogens is 212 g/mol. The van der Waals surface area contributed by atoms with E-state index in [1.807, 2.05) is 0 Å². The molecule has 2 heterocycles. The lowest BCUT2D eigenvalue weighted by molar-refractivity contribution is -0.396. The van der Waals surface area contributed by atoms with Gasteiger partial charge < -0.3 is 15.2 Å². The number of nitrogens with zero attached hydrogens (tertiary/aromatic N) is 4. The monoisotopic (exact) mass is 226 g/mol. The molecular formula is C9H14N4O3. The van der Waals surface area contributed by atoms with Crippen molar-refractivity contribution < 1.29 is 10.0 Å². The van der Waals surface area contributed by atoms with Gasteiger partial charge in [0.25, 0.3) is 0 Å². The molecule has 0 spiro atoms. The molecule has 7 nitrogen and oxygen atoms in total. The molecule has 1 unspecified atom stereocenters. The van der Waals surface area contributed by atoms with Gasteiger partial charge in [-0.1, -0.05) is 4.98 Å². The summed E-state index contributed by atoms with van der Waals surface area (Å²) in [6.07, 6.45) is 3.04. The highest BCUT2D eigenvalue weighted by Crippen LogP contribution is 2.11. The molecule has 1 aromatic rings. The highest BCUT2D eigenvalue weighted by molar-refractivity contribution is 5.06. The van der Waals surface area contributed by atoms with Crippen molar-refractivity contribution in [2.24, 2.45) is 0 Å². The van der Waals surface area contributed by atoms with Gasteiger partial charge >= 0.3 is 5.95 Å². The molecule has 0 amide bonds. The maximum Gasteiger partial charge on any atom is 0.434 e. The average Bonchev–Trinajstić information content (AvgIpc) is 2.91. The lowest BCUT2D eigenvalue weighted by Crippen LogP contribution is -2.21. The van der Waals surface area contributed by atoms with Crippen LogP contribution >= 0.6 is 0 Å². The summed E-state index contributed by atoms with van der Waals surface area (Å²) in [6, 6.07) is 0. The third kappa shape index (κ3) is 2.77. The molecule has 1 aromatic heterocycles. The van der Waals surface area contributed by atoms with Gasteiger partial charge in [-0.15, -0.1) is 0 Å². The van der Waals surface area contributed by atoms with E-state index in [1.165, 1.54) is 10.8 Å². The molecule has 0 bridgehead atoms. The van der Waals surface area contributed by atoms with Crippen LogP contribution in [-0.2, 0) is 6.54 Å². The number of hydrogen-bond acceptors (Lipinski definition) is 5. The molecule has 1 aliphatic rings. The first-order valence-corrected chi connectivity index (χ1v) is 5.23. The van der Waals surface area contributed by atoms with Crippen molar-refractivity contribution in [2.45, 2.75) is 19.1 Å². The van der Waals surface area contributed by atoms with Gasteiger partial charge in [-0.25, -0.2) is 4.57 Å². The smallest absolute Gasteiger partial charge is 0.392 e. The van der Waals surface area contributed by atoms with Crippen LogP contribution in [0.3, 0.4) is 0 Å². The summed E-state index contributed by atoms with van der Waals surface area (Å²) in [6.45, 7) is 3.17. The number of aromatic nitrogens is 2. The second kappa shape index (κ2) is 4.58. The van der Waals surface area contributed by atoms with E-state index in [9.17, 15) is 15.2 Å². The summed E-state index contributed by atoms with van der Waals surface area (Å²) in [5, 5.41) is 20.2. The first-order valence-electron chi connectivity index (χ1n) is 5.23. The number of aliphatic hydroxyl groups excluding tert-OH is 1. The summed E-state index contributed by atoms with van der Waals surface area (Å²) in [4.78, 5) is 15.8. The standard InChI is InChI=1S/C9H14N4O3/c14-8(7-11-5-6-11)1-3-12-4-2-10-9(12)13(15)16/h2,4,8,14H,1,3,5-7H2. The molecule has 1 atom stereocenters. The Kier molecular flexibility index (Phi) is 3.16. The molecule has 1 N–H and O–H groups in total. The average molecular weight is 226 g/mol. The molecule has 0 saturated carbocycles. The molecule has 1 fully saturated rings. The zero-order chi connectivity index (χ0) is 11.5. The topological polar surface area (TPSA) is 84.2 Å². The third-order valence-corrected chi connectivity index (χ3v) is 2.57. The van der Waals surface area contributed by atoms with Crippen LogP contribution in [0.4, 0.5) is 5.95 Å². The summed E-state index contributed by atoms with van der Waals surface area (Å²) in [5.41, 5.74) is 0. The Bertz CT molecular complexity index is 375. The number of aryl methyl sites for hydroxylation is 1. The Hall–Kier alpha value is -1.47. The predicted octanol–water partition coefficient (Wildman–Crippen LogP) is -0.142. The highest BCUT2D eigenvalue weighted by atomic mass is 16.6. The Morgan fingerprint density at radius 3 is 3.00 bits per heavy atom. The number of nitro groups is 1. The summed E-state index contributed by atoms with van der Waals surface area (Å²) in [7, 11) is 0. The van der Waals surface area contributed by atoms with Gasteiger partial charge in [0.05, 0.1) is 12.6 Å². The summed E-state index contributed by atoms with van der Waals surface area (Å²) >= 11 is 0. The molecule has 1 aliphatic heterocycles. The second-order valence-electron chi connectivity index (χ2n) is 3.92. The van der Waals surface area contributed by atoms with Crippen molar-refractivity contribution in [1.82, 2.24) is 14.5 Å². The minimum atomic E-state index is -0.517. The van der Waals surface area contributed by atoms with Gasteiger partial charge in [0, 0.05) is 26.1 Å². The van der Waals surface area contributed by atoms with Crippen molar-refractivity contribution in [2.75, 3.05) is 19.6 Å². The Morgan fingerprint density at radius 2 is 2.38 bits per heavy atom. The number of imidazole rings is 1. The fraction of sp³-hybridized carbons (Fsp3) is 0.667. The van der Waals surface area contributed by atoms with Crippen LogP contribution in [0, 0.1) is 10.1 Å². The fourth-order valence-corrected chi connectivity index (χ4v) is 1.58. The van der Waals surface area contributed by atoms with Crippen LogP contribution in [-0.4, -0.2) is 50.2 Å². The SMILES string of the molecule is O=[N+]([O-])c1nccn1CCC(O)CN1CC1. The van der Waals surface area contributed by atoms with E-state index >= 15 is 0 Å². The molecule has 16 heavy (non-hydrogen) atoms. The number of aliphatic hydroxyl groups is 1. The van der Waals surface area contributed by atoms with Gasteiger partial charge in [-0.3, -0.25) is 4.90 Å².